The van der Waals surface area contributed by atoms with Crippen LogP contribution in [0.1, 0.15) is 28.8 Å². The van der Waals surface area contributed by atoms with Gasteiger partial charge in [-0.2, -0.15) is 0 Å². The molecule has 1 saturated heterocycles. The Hall–Kier alpha value is -2.11. The first kappa shape index (κ1) is 13.3. The van der Waals surface area contributed by atoms with Crippen LogP contribution in [0.4, 0.5) is 10.1 Å². The van der Waals surface area contributed by atoms with E-state index in [4.69, 9.17) is 5.73 Å². The Morgan fingerprint density at radius 1 is 1.58 bits per heavy atom. The van der Waals surface area contributed by atoms with E-state index in [0.29, 0.717) is 24.9 Å². The topological polar surface area (TPSA) is 84.2 Å². The van der Waals surface area contributed by atoms with E-state index >= 15 is 0 Å². The van der Waals surface area contributed by atoms with Crippen molar-refractivity contribution in [1.29, 1.82) is 0 Å². The normalized spacial score (nSPS) is 18.2. The van der Waals surface area contributed by atoms with Crippen LogP contribution in [0.3, 0.4) is 0 Å². The van der Waals surface area contributed by atoms with E-state index in [2.05, 4.69) is 10.6 Å². The van der Waals surface area contributed by atoms with Crippen LogP contribution in [0.25, 0.3) is 0 Å². The van der Waals surface area contributed by atoms with Crippen molar-refractivity contribution in [2.24, 2.45) is 0 Å². The van der Waals surface area contributed by atoms with Gasteiger partial charge in [-0.3, -0.25) is 9.59 Å². The highest BCUT2D eigenvalue weighted by molar-refractivity contribution is 5.95. The van der Waals surface area contributed by atoms with E-state index in [-0.39, 0.29) is 23.2 Å². The molecule has 0 spiro atoms. The highest BCUT2D eigenvalue weighted by atomic mass is 19.1. The molecule has 0 saturated carbocycles. The van der Waals surface area contributed by atoms with E-state index in [1.807, 2.05) is 0 Å². The number of carbonyl (C=O) groups excluding carboxylic acids is 2. The number of nitrogens with one attached hydrogen (secondary N) is 2. The number of rotatable bonds is 3. The maximum atomic E-state index is 13.5. The summed E-state index contributed by atoms with van der Waals surface area (Å²) in [6.07, 6.45) is 1.18. The minimum Gasteiger partial charge on any atom is -0.398 e. The van der Waals surface area contributed by atoms with E-state index < -0.39 is 11.7 Å². The van der Waals surface area contributed by atoms with Gasteiger partial charge in [0.25, 0.3) is 5.91 Å². The van der Waals surface area contributed by atoms with Crippen LogP contribution in [0.5, 0.6) is 0 Å². The molecule has 2 amide bonds. The molecule has 19 heavy (non-hydrogen) atoms. The SMILES string of the molecule is Cc1c(N)cc(C(=O)NCC2CCC(=O)N2)cc1F. The second kappa shape index (κ2) is 5.26. The van der Waals surface area contributed by atoms with Gasteiger partial charge in [0.05, 0.1) is 0 Å². The molecule has 0 aromatic heterocycles. The monoisotopic (exact) mass is 265 g/mol. The number of nitrogen functional groups attached to an aromatic ring is 1. The molecule has 1 heterocycles. The van der Waals surface area contributed by atoms with Gasteiger partial charge >= 0.3 is 0 Å². The molecule has 1 unspecified atom stereocenters. The number of carbonyl (C=O) groups is 2. The van der Waals surface area contributed by atoms with Crippen molar-refractivity contribution in [3.05, 3.63) is 29.1 Å². The molecule has 4 N–H and O–H groups in total. The maximum Gasteiger partial charge on any atom is 0.251 e. The van der Waals surface area contributed by atoms with Crippen LogP contribution in [0.15, 0.2) is 12.1 Å². The van der Waals surface area contributed by atoms with Crippen molar-refractivity contribution in [3.63, 3.8) is 0 Å². The van der Waals surface area contributed by atoms with Gasteiger partial charge in [-0.15, -0.1) is 0 Å². The van der Waals surface area contributed by atoms with Gasteiger partial charge in [-0.1, -0.05) is 0 Å². The summed E-state index contributed by atoms with van der Waals surface area (Å²) in [6.45, 7) is 1.89. The number of nitrogens with two attached hydrogens (primary N) is 1. The van der Waals surface area contributed by atoms with Crippen molar-refractivity contribution in [2.45, 2.75) is 25.8 Å². The van der Waals surface area contributed by atoms with Gasteiger partial charge in [-0.05, 0) is 25.5 Å². The average molecular weight is 265 g/mol. The zero-order valence-electron chi connectivity index (χ0n) is 10.6. The summed E-state index contributed by atoms with van der Waals surface area (Å²) in [7, 11) is 0. The Bertz CT molecular complexity index is 508. The number of amides is 2. The minimum absolute atomic E-state index is 0.00938. The lowest BCUT2D eigenvalue weighted by Crippen LogP contribution is -2.38. The van der Waals surface area contributed by atoms with Crippen molar-refractivity contribution in [2.75, 3.05) is 12.3 Å². The van der Waals surface area contributed by atoms with Gasteiger partial charge in [0.15, 0.2) is 0 Å². The zero-order valence-corrected chi connectivity index (χ0v) is 10.6. The van der Waals surface area contributed by atoms with Crippen LogP contribution in [-0.4, -0.2) is 24.4 Å². The van der Waals surface area contributed by atoms with Crippen LogP contribution >= 0.6 is 0 Å². The van der Waals surface area contributed by atoms with Crippen LogP contribution in [-0.2, 0) is 4.79 Å². The Kier molecular flexibility index (Phi) is 3.69. The fraction of sp³-hybridized carbons (Fsp3) is 0.385. The Morgan fingerprint density at radius 3 is 2.89 bits per heavy atom. The molecular weight excluding hydrogens is 249 g/mol. The summed E-state index contributed by atoms with van der Waals surface area (Å²) in [5, 5.41) is 5.40. The molecular formula is C13H16FN3O2. The second-order valence-electron chi connectivity index (χ2n) is 4.69. The smallest absolute Gasteiger partial charge is 0.251 e. The molecule has 1 atom stereocenters. The fourth-order valence-corrected chi connectivity index (χ4v) is 1.98. The summed E-state index contributed by atoms with van der Waals surface area (Å²) in [6, 6.07) is 2.55. The maximum absolute atomic E-state index is 13.5. The first-order valence-electron chi connectivity index (χ1n) is 6.10. The number of halogens is 1. The lowest BCUT2D eigenvalue weighted by Gasteiger charge is -2.12. The zero-order chi connectivity index (χ0) is 14.0. The quantitative estimate of drug-likeness (QED) is 0.704. The number of benzene rings is 1. The molecule has 1 aromatic rings. The molecule has 0 aliphatic carbocycles. The number of hydrogen-bond donors (Lipinski definition) is 3. The first-order valence-corrected chi connectivity index (χ1v) is 6.10. The fourth-order valence-electron chi connectivity index (χ4n) is 1.98. The second-order valence-corrected chi connectivity index (χ2v) is 4.69. The highest BCUT2D eigenvalue weighted by Gasteiger charge is 2.21. The largest absolute Gasteiger partial charge is 0.398 e. The standard InChI is InChI=1S/C13H16FN3O2/c1-7-10(14)4-8(5-11(7)15)13(19)16-6-9-2-3-12(18)17-9/h4-5,9H,2-3,6,15H2,1H3,(H,16,19)(H,17,18). The molecule has 1 aromatic carbocycles. The van der Waals surface area contributed by atoms with Crippen LogP contribution in [0.2, 0.25) is 0 Å². The summed E-state index contributed by atoms with van der Waals surface area (Å²) < 4.78 is 13.5. The molecule has 1 aliphatic heterocycles. The molecule has 5 nitrogen and oxygen atoms in total. The van der Waals surface area contributed by atoms with Crippen LogP contribution in [0, 0.1) is 12.7 Å². The van der Waals surface area contributed by atoms with Gasteiger partial charge in [0.2, 0.25) is 5.91 Å². The lowest BCUT2D eigenvalue weighted by molar-refractivity contribution is -0.119. The predicted molar refractivity (Wildman–Crippen MR) is 69.0 cm³/mol. The summed E-state index contributed by atoms with van der Waals surface area (Å²) in [4.78, 5) is 22.9. The van der Waals surface area contributed by atoms with Crippen molar-refractivity contribution >= 4 is 17.5 Å². The van der Waals surface area contributed by atoms with E-state index in [1.165, 1.54) is 6.07 Å². The van der Waals surface area contributed by atoms with Crippen molar-refractivity contribution in [3.8, 4) is 0 Å². The molecule has 6 heteroatoms. The summed E-state index contributed by atoms with van der Waals surface area (Å²) >= 11 is 0. The lowest BCUT2D eigenvalue weighted by atomic mass is 10.1. The van der Waals surface area contributed by atoms with Crippen molar-refractivity contribution in [1.82, 2.24) is 10.6 Å². The van der Waals surface area contributed by atoms with Gasteiger partial charge in [-0.25, -0.2) is 4.39 Å². The molecule has 0 radical (unpaired) electrons. The Balaban J connectivity index is 1.98. The molecule has 1 aliphatic rings. The minimum atomic E-state index is -0.501. The summed E-state index contributed by atoms with van der Waals surface area (Å²) in [5.41, 5.74) is 6.39. The summed E-state index contributed by atoms with van der Waals surface area (Å²) in [5.74, 6) is -0.907. The van der Waals surface area contributed by atoms with Gasteiger partial charge in [0, 0.05) is 35.8 Å². The Labute approximate surface area is 110 Å². The highest BCUT2D eigenvalue weighted by Crippen LogP contribution is 2.17. The van der Waals surface area contributed by atoms with Crippen molar-refractivity contribution < 1.29 is 14.0 Å². The molecule has 0 bridgehead atoms. The third-order valence-corrected chi connectivity index (χ3v) is 3.24. The third kappa shape index (κ3) is 3.01. The third-order valence-electron chi connectivity index (χ3n) is 3.24. The number of hydrogen-bond acceptors (Lipinski definition) is 3. The van der Waals surface area contributed by atoms with Gasteiger partial charge in [0.1, 0.15) is 5.82 Å². The Morgan fingerprint density at radius 2 is 2.32 bits per heavy atom. The molecule has 2 rings (SSSR count). The van der Waals surface area contributed by atoms with Crippen LogP contribution < -0.4 is 16.4 Å². The predicted octanol–water partition coefficient (Wildman–Crippen LogP) is 0.725. The molecule has 1 fully saturated rings. The van der Waals surface area contributed by atoms with E-state index in [9.17, 15) is 14.0 Å². The average Bonchev–Trinajstić information content (AvgIpc) is 2.78. The van der Waals surface area contributed by atoms with E-state index in [0.717, 1.165) is 6.07 Å². The molecule has 102 valence electrons. The first-order chi connectivity index (χ1) is 8.97. The number of anilines is 1. The van der Waals surface area contributed by atoms with Gasteiger partial charge < -0.3 is 16.4 Å². The van der Waals surface area contributed by atoms with E-state index in [1.54, 1.807) is 6.92 Å².